The van der Waals surface area contributed by atoms with Crippen molar-refractivity contribution in [2.75, 3.05) is 11.1 Å². The molecule has 1 fully saturated rings. The summed E-state index contributed by atoms with van der Waals surface area (Å²) in [6.45, 7) is 4.73. The molecule has 3 nitrogen and oxygen atoms in total. The van der Waals surface area contributed by atoms with E-state index in [0.29, 0.717) is 11.5 Å². The van der Waals surface area contributed by atoms with Crippen molar-refractivity contribution in [3.05, 3.63) is 30.5 Å². The molecule has 1 aliphatic carbocycles. The molecule has 0 saturated heterocycles. The van der Waals surface area contributed by atoms with Crippen LogP contribution in [-0.4, -0.2) is 11.0 Å². The molecule has 0 aliphatic heterocycles. The zero-order chi connectivity index (χ0) is 14.2. The Morgan fingerprint density at radius 3 is 2.95 bits per heavy atom. The van der Waals surface area contributed by atoms with Gasteiger partial charge in [0.15, 0.2) is 0 Å². The summed E-state index contributed by atoms with van der Waals surface area (Å²) in [5.41, 5.74) is 9.19. The molecule has 1 aliphatic rings. The van der Waals surface area contributed by atoms with Crippen LogP contribution in [0.15, 0.2) is 30.5 Å². The number of hydrogen-bond donors (Lipinski definition) is 2. The predicted octanol–water partition coefficient (Wildman–Crippen LogP) is 4.20. The minimum Gasteiger partial charge on any atom is -0.399 e. The molecule has 3 heteroatoms. The van der Waals surface area contributed by atoms with Gasteiger partial charge in [0.1, 0.15) is 0 Å². The van der Waals surface area contributed by atoms with Gasteiger partial charge < -0.3 is 11.1 Å². The van der Waals surface area contributed by atoms with Crippen LogP contribution < -0.4 is 11.1 Å². The third-order valence-corrected chi connectivity index (χ3v) is 4.33. The first-order chi connectivity index (χ1) is 9.53. The van der Waals surface area contributed by atoms with E-state index in [1.54, 1.807) is 0 Å². The summed E-state index contributed by atoms with van der Waals surface area (Å²) >= 11 is 0. The van der Waals surface area contributed by atoms with E-state index >= 15 is 0 Å². The number of nitrogens with two attached hydrogens (primary N) is 1. The molecule has 0 radical (unpaired) electrons. The van der Waals surface area contributed by atoms with Gasteiger partial charge in [0.25, 0.3) is 0 Å². The summed E-state index contributed by atoms with van der Waals surface area (Å²) in [5, 5.41) is 4.88. The fourth-order valence-electron chi connectivity index (χ4n) is 3.33. The Morgan fingerprint density at radius 2 is 2.15 bits per heavy atom. The quantitative estimate of drug-likeness (QED) is 0.803. The first kappa shape index (κ1) is 13.2. The molecule has 0 spiro atoms. The summed E-state index contributed by atoms with van der Waals surface area (Å²) in [5.74, 6) is 0. The number of rotatable bonds is 2. The topological polar surface area (TPSA) is 50.9 Å². The van der Waals surface area contributed by atoms with E-state index in [-0.39, 0.29) is 0 Å². The van der Waals surface area contributed by atoms with Gasteiger partial charge in [0.05, 0.1) is 5.52 Å². The lowest BCUT2D eigenvalue weighted by atomic mass is 9.75. The number of nitrogens with one attached hydrogen (secondary N) is 1. The molecule has 1 atom stereocenters. The van der Waals surface area contributed by atoms with Crippen molar-refractivity contribution in [2.24, 2.45) is 5.41 Å². The number of hydrogen-bond acceptors (Lipinski definition) is 3. The lowest BCUT2D eigenvalue weighted by molar-refractivity contribution is 0.229. The standard InChI is InChI=1S/C17H23N3/c1-17(2)8-3-4-13(11-17)20-15-7-9-19-16-10-12(18)5-6-14(15)16/h5-7,9-10,13H,3-4,8,11,18H2,1-2H3,(H,19,20). The van der Waals surface area contributed by atoms with E-state index in [2.05, 4.69) is 36.3 Å². The van der Waals surface area contributed by atoms with Crippen molar-refractivity contribution in [3.8, 4) is 0 Å². The maximum absolute atomic E-state index is 5.83. The van der Waals surface area contributed by atoms with Gasteiger partial charge in [-0.2, -0.15) is 0 Å². The molecule has 3 N–H and O–H groups in total. The normalized spacial score (nSPS) is 21.8. The van der Waals surface area contributed by atoms with Crippen molar-refractivity contribution in [1.29, 1.82) is 0 Å². The van der Waals surface area contributed by atoms with Gasteiger partial charge in [0.2, 0.25) is 0 Å². The van der Waals surface area contributed by atoms with Crippen LogP contribution in [0.1, 0.15) is 39.5 Å². The van der Waals surface area contributed by atoms with Crippen molar-refractivity contribution in [1.82, 2.24) is 4.98 Å². The second-order valence-electron chi connectivity index (χ2n) is 6.74. The molecule has 106 valence electrons. The fraction of sp³-hybridized carbons (Fsp3) is 0.471. The Bertz CT molecular complexity index is 619. The largest absolute Gasteiger partial charge is 0.399 e. The number of nitrogens with zero attached hydrogens (tertiary/aromatic N) is 1. The van der Waals surface area contributed by atoms with Crippen LogP contribution in [0, 0.1) is 5.41 Å². The lowest BCUT2D eigenvalue weighted by Crippen LogP contribution is -2.31. The molecular formula is C17H23N3. The molecular weight excluding hydrogens is 246 g/mol. The van der Waals surface area contributed by atoms with Gasteiger partial charge in [0, 0.05) is 29.0 Å². The summed E-state index contributed by atoms with van der Waals surface area (Å²) < 4.78 is 0. The average Bonchev–Trinajstić information content (AvgIpc) is 2.37. The molecule has 20 heavy (non-hydrogen) atoms. The monoisotopic (exact) mass is 269 g/mol. The number of pyridine rings is 1. The zero-order valence-corrected chi connectivity index (χ0v) is 12.3. The second-order valence-corrected chi connectivity index (χ2v) is 6.74. The van der Waals surface area contributed by atoms with E-state index in [9.17, 15) is 0 Å². The third-order valence-electron chi connectivity index (χ3n) is 4.33. The Kier molecular flexibility index (Phi) is 3.28. The average molecular weight is 269 g/mol. The van der Waals surface area contributed by atoms with E-state index in [4.69, 9.17) is 5.73 Å². The molecule has 0 bridgehead atoms. The highest BCUT2D eigenvalue weighted by molar-refractivity contribution is 5.92. The first-order valence-electron chi connectivity index (χ1n) is 7.44. The lowest BCUT2D eigenvalue weighted by Gasteiger charge is -2.36. The maximum atomic E-state index is 5.83. The van der Waals surface area contributed by atoms with Gasteiger partial charge in [-0.25, -0.2) is 0 Å². The van der Waals surface area contributed by atoms with E-state index < -0.39 is 0 Å². The Hall–Kier alpha value is -1.77. The van der Waals surface area contributed by atoms with Crippen LogP contribution in [0.4, 0.5) is 11.4 Å². The van der Waals surface area contributed by atoms with Gasteiger partial charge in [-0.1, -0.05) is 20.3 Å². The van der Waals surface area contributed by atoms with Gasteiger partial charge in [-0.05, 0) is 48.9 Å². The minimum absolute atomic E-state index is 0.448. The number of anilines is 2. The van der Waals surface area contributed by atoms with Crippen LogP contribution in [0.5, 0.6) is 0 Å². The van der Waals surface area contributed by atoms with Crippen molar-refractivity contribution >= 4 is 22.3 Å². The zero-order valence-electron chi connectivity index (χ0n) is 12.3. The molecule has 1 heterocycles. The maximum Gasteiger partial charge on any atom is 0.0743 e. The van der Waals surface area contributed by atoms with Crippen molar-refractivity contribution < 1.29 is 0 Å². The third kappa shape index (κ3) is 2.72. The molecule has 2 aromatic rings. The highest BCUT2D eigenvalue weighted by Crippen LogP contribution is 2.37. The molecule has 1 aromatic heterocycles. The summed E-state index contributed by atoms with van der Waals surface area (Å²) in [7, 11) is 0. The van der Waals surface area contributed by atoms with Gasteiger partial charge >= 0.3 is 0 Å². The van der Waals surface area contributed by atoms with Crippen LogP contribution in [0.3, 0.4) is 0 Å². The Morgan fingerprint density at radius 1 is 1.30 bits per heavy atom. The van der Waals surface area contributed by atoms with Crippen molar-refractivity contribution in [3.63, 3.8) is 0 Å². The van der Waals surface area contributed by atoms with Gasteiger partial charge in [-0.15, -0.1) is 0 Å². The number of nitrogen functional groups attached to an aromatic ring is 1. The highest BCUT2D eigenvalue weighted by atomic mass is 14.9. The predicted molar refractivity (Wildman–Crippen MR) is 85.8 cm³/mol. The summed E-state index contributed by atoms with van der Waals surface area (Å²) in [6, 6.07) is 8.57. The fourth-order valence-corrected chi connectivity index (χ4v) is 3.33. The van der Waals surface area contributed by atoms with Crippen LogP contribution in [0.2, 0.25) is 0 Å². The van der Waals surface area contributed by atoms with E-state index in [1.807, 2.05) is 18.3 Å². The number of aromatic nitrogens is 1. The molecule has 0 amide bonds. The molecule has 1 aromatic carbocycles. The van der Waals surface area contributed by atoms with E-state index in [1.165, 1.54) is 31.4 Å². The summed E-state index contributed by atoms with van der Waals surface area (Å²) in [6.07, 6.45) is 6.98. The van der Waals surface area contributed by atoms with Crippen molar-refractivity contribution in [2.45, 2.75) is 45.6 Å². The van der Waals surface area contributed by atoms with Crippen LogP contribution in [-0.2, 0) is 0 Å². The van der Waals surface area contributed by atoms with Crippen LogP contribution in [0.25, 0.3) is 10.9 Å². The Balaban J connectivity index is 1.87. The SMILES string of the molecule is CC1(C)CCCC(Nc2ccnc3cc(N)ccc23)C1. The number of fused-ring (bicyclic) bond motifs is 1. The molecule has 1 unspecified atom stereocenters. The molecule has 1 saturated carbocycles. The van der Waals surface area contributed by atoms with E-state index in [0.717, 1.165) is 16.6 Å². The second kappa shape index (κ2) is 4.97. The smallest absolute Gasteiger partial charge is 0.0743 e. The first-order valence-corrected chi connectivity index (χ1v) is 7.44. The van der Waals surface area contributed by atoms with Gasteiger partial charge in [-0.3, -0.25) is 4.98 Å². The highest BCUT2D eigenvalue weighted by Gasteiger charge is 2.27. The Labute approximate surface area is 120 Å². The number of benzene rings is 1. The van der Waals surface area contributed by atoms with Crippen LogP contribution >= 0.6 is 0 Å². The minimum atomic E-state index is 0.448. The molecule has 3 rings (SSSR count). The summed E-state index contributed by atoms with van der Waals surface area (Å²) in [4.78, 5) is 4.40.